The van der Waals surface area contributed by atoms with Gasteiger partial charge in [-0.3, -0.25) is 4.79 Å². The van der Waals surface area contributed by atoms with Crippen LogP contribution in [0.4, 0.5) is 17.3 Å². The SMILES string of the molecule is COc1ccccc1-c1ccnc(Nc2ccc3c(N4CCOCC4)cc(=O)n(C)c3c2)n1. The Morgan fingerprint density at radius 1 is 1.06 bits per heavy atom. The lowest BCUT2D eigenvalue weighted by Crippen LogP contribution is -2.37. The molecule has 0 spiro atoms. The molecule has 1 fully saturated rings. The fourth-order valence-electron chi connectivity index (χ4n) is 4.13. The number of hydrogen-bond acceptors (Lipinski definition) is 7. The fraction of sp³-hybridized carbons (Fsp3) is 0.240. The minimum Gasteiger partial charge on any atom is -0.496 e. The lowest BCUT2D eigenvalue weighted by Gasteiger charge is -2.30. The number of hydrogen-bond donors (Lipinski definition) is 1. The van der Waals surface area contributed by atoms with E-state index in [1.165, 1.54) is 0 Å². The Balaban J connectivity index is 1.50. The van der Waals surface area contributed by atoms with Gasteiger partial charge in [0.05, 0.1) is 37.2 Å². The van der Waals surface area contributed by atoms with Gasteiger partial charge in [0.15, 0.2) is 0 Å². The van der Waals surface area contributed by atoms with Gasteiger partial charge in [-0.05, 0) is 36.4 Å². The standard InChI is InChI=1S/C25H25N5O3/c1-29-21-15-17(7-8-19(21)22(16-24(29)31)30-11-13-33-14-12-30)27-25-26-10-9-20(28-25)18-5-3-4-6-23(18)32-2/h3-10,15-16H,11-14H2,1-2H3,(H,26,27,28). The second-order valence-electron chi connectivity index (χ2n) is 7.85. The third-order valence-corrected chi connectivity index (χ3v) is 5.87. The average molecular weight is 444 g/mol. The van der Waals surface area contributed by atoms with Gasteiger partial charge in [-0.1, -0.05) is 12.1 Å². The average Bonchev–Trinajstić information content (AvgIpc) is 2.87. The number of anilines is 3. The molecule has 8 nitrogen and oxygen atoms in total. The number of methoxy groups -OCH3 is 1. The number of benzene rings is 2. The fourth-order valence-corrected chi connectivity index (χ4v) is 4.13. The molecule has 0 radical (unpaired) electrons. The lowest BCUT2D eigenvalue weighted by atomic mass is 10.1. The van der Waals surface area contributed by atoms with E-state index in [0.29, 0.717) is 19.2 Å². The predicted octanol–water partition coefficient (Wildman–Crippen LogP) is 3.58. The highest BCUT2D eigenvalue weighted by molar-refractivity contribution is 5.94. The van der Waals surface area contributed by atoms with E-state index in [0.717, 1.165) is 52.4 Å². The van der Waals surface area contributed by atoms with Crippen LogP contribution in [-0.2, 0) is 11.8 Å². The Bertz CT molecular complexity index is 1360. The number of fused-ring (bicyclic) bond motifs is 1. The van der Waals surface area contributed by atoms with Crippen molar-refractivity contribution in [1.82, 2.24) is 14.5 Å². The van der Waals surface area contributed by atoms with E-state index >= 15 is 0 Å². The number of para-hydroxylation sites is 1. The highest BCUT2D eigenvalue weighted by atomic mass is 16.5. The number of pyridine rings is 1. The summed E-state index contributed by atoms with van der Waals surface area (Å²) in [5.74, 6) is 1.21. The van der Waals surface area contributed by atoms with E-state index in [9.17, 15) is 4.79 Å². The number of aryl methyl sites for hydroxylation is 1. The Morgan fingerprint density at radius 3 is 2.70 bits per heavy atom. The van der Waals surface area contributed by atoms with Crippen molar-refractivity contribution in [3.05, 3.63) is 71.1 Å². The minimum absolute atomic E-state index is 0.0458. The molecular formula is C25H25N5O3. The van der Waals surface area contributed by atoms with Crippen molar-refractivity contribution in [3.63, 3.8) is 0 Å². The van der Waals surface area contributed by atoms with Crippen LogP contribution in [0.25, 0.3) is 22.2 Å². The van der Waals surface area contributed by atoms with Gasteiger partial charge in [-0.25, -0.2) is 9.97 Å². The number of nitrogens with one attached hydrogen (secondary N) is 1. The summed E-state index contributed by atoms with van der Waals surface area (Å²) in [6.07, 6.45) is 1.71. The summed E-state index contributed by atoms with van der Waals surface area (Å²) in [5, 5.41) is 4.30. The summed E-state index contributed by atoms with van der Waals surface area (Å²) in [6.45, 7) is 2.87. The molecule has 3 heterocycles. The minimum atomic E-state index is -0.0458. The Morgan fingerprint density at radius 2 is 1.88 bits per heavy atom. The molecule has 1 aliphatic rings. The molecule has 5 rings (SSSR count). The molecule has 0 aliphatic carbocycles. The Labute approximate surface area is 191 Å². The molecule has 33 heavy (non-hydrogen) atoms. The van der Waals surface area contributed by atoms with Crippen molar-refractivity contribution in [3.8, 4) is 17.0 Å². The first kappa shape index (κ1) is 21.0. The van der Waals surface area contributed by atoms with E-state index in [-0.39, 0.29) is 5.56 Å². The molecule has 0 amide bonds. The van der Waals surface area contributed by atoms with Crippen LogP contribution in [0.3, 0.4) is 0 Å². The molecule has 1 aliphatic heterocycles. The van der Waals surface area contributed by atoms with Crippen molar-refractivity contribution in [2.45, 2.75) is 0 Å². The second kappa shape index (κ2) is 8.91. The van der Waals surface area contributed by atoms with Crippen LogP contribution in [-0.4, -0.2) is 47.9 Å². The number of ether oxygens (including phenoxy) is 2. The summed E-state index contributed by atoms with van der Waals surface area (Å²) in [7, 11) is 3.43. The maximum Gasteiger partial charge on any atom is 0.252 e. The normalized spacial score (nSPS) is 13.8. The van der Waals surface area contributed by atoms with Gasteiger partial charge in [0.2, 0.25) is 5.95 Å². The van der Waals surface area contributed by atoms with Gasteiger partial charge in [0.1, 0.15) is 5.75 Å². The zero-order valence-electron chi connectivity index (χ0n) is 18.6. The zero-order chi connectivity index (χ0) is 22.8. The largest absolute Gasteiger partial charge is 0.496 e. The van der Waals surface area contributed by atoms with Crippen molar-refractivity contribution in [2.75, 3.05) is 43.6 Å². The molecule has 8 heteroatoms. The van der Waals surface area contributed by atoms with Crippen LogP contribution in [0.1, 0.15) is 0 Å². The molecule has 0 atom stereocenters. The maximum absolute atomic E-state index is 12.7. The van der Waals surface area contributed by atoms with Gasteiger partial charge in [-0.15, -0.1) is 0 Å². The number of morpholine rings is 1. The molecule has 2 aromatic heterocycles. The quantitative estimate of drug-likeness (QED) is 0.505. The molecule has 0 bridgehead atoms. The van der Waals surface area contributed by atoms with Gasteiger partial charge in [0, 0.05) is 49.0 Å². The molecule has 168 valence electrons. The summed E-state index contributed by atoms with van der Waals surface area (Å²) < 4.78 is 12.6. The highest BCUT2D eigenvalue weighted by Crippen LogP contribution is 2.30. The van der Waals surface area contributed by atoms with Crippen molar-refractivity contribution in [1.29, 1.82) is 0 Å². The monoisotopic (exact) mass is 443 g/mol. The van der Waals surface area contributed by atoms with Crippen molar-refractivity contribution in [2.24, 2.45) is 7.05 Å². The lowest BCUT2D eigenvalue weighted by molar-refractivity contribution is 0.123. The van der Waals surface area contributed by atoms with Crippen LogP contribution < -0.4 is 20.5 Å². The van der Waals surface area contributed by atoms with E-state index in [2.05, 4.69) is 20.2 Å². The maximum atomic E-state index is 12.7. The molecular weight excluding hydrogens is 418 g/mol. The van der Waals surface area contributed by atoms with Gasteiger partial charge in [-0.2, -0.15) is 0 Å². The first-order valence-electron chi connectivity index (χ1n) is 10.8. The van der Waals surface area contributed by atoms with Crippen molar-refractivity contribution >= 4 is 28.2 Å². The van der Waals surface area contributed by atoms with E-state index in [1.807, 2.05) is 48.5 Å². The molecule has 1 N–H and O–H groups in total. The molecule has 2 aromatic carbocycles. The predicted molar refractivity (Wildman–Crippen MR) is 130 cm³/mol. The summed E-state index contributed by atoms with van der Waals surface area (Å²) in [5.41, 5.74) is 4.19. The summed E-state index contributed by atoms with van der Waals surface area (Å²) in [6, 6.07) is 17.3. The van der Waals surface area contributed by atoms with Gasteiger partial charge < -0.3 is 24.3 Å². The number of aromatic nitrogens is 3. The second-order valence-corrected chi connectivity index (χ2v) is 7.85. The molecule has 4 aromatic rings. The molecule has 0 saturated carbocycles. The van der Waals surface area contributed by atoms with Gasteiger partial charge >= 0.3 is 0 Å². The first-order valence-corrected chi connectivity index (χ1v) is 10.8. The van der Waals surface area contributed by atoms with Crippen LogP contribution in [0.15, 0.2) is 65.6 Å². The Hall–Kier alpha value is -3.91. The summed E-state index contributed by atoms with van der Waals surface area (Å²) >= 11 is 0. The molecule has 0 unspecified atom stereocenters. The first-order chi connectivity index (χ1) is 16.1. The third kappa shape index (κ3) is 4.12. The van der Waals surface area contributed by atoms with Crippen LogP contribution in [0.5, 0.6) is 5.75 Å². The van der Waals surface area contributed by atoms with Crippen LogP contribution >= 0.6 is 0 Å². The van der Waals surface area contributed by atoms with Crippen LogP contribution in [0, 0.1) is 0 Å². The van der Waals surface area contributed by atoms with E-state index < -0.39 is 0 Å². The van der Waals surface area contributed by atoms with Gasteiger partial charge in [0.25, 0.3) is 5.56 Å². The van der Waals surface area contributed by atoms with Crippen molar-refractivity contribution < 1.29 is 9.47 Å². The smallest absolute Gasteiger partial charge is 0.252 e. The van der Waals surface area contributed by atoms with E-state index in [4.69, 9.17) is 9.47 Å². The summed E-state index contributed by atoms with van der Waals surface area (Å²) in [4.78, 5) is 23.9. The Kier molecular flexibility index (Phi) is 5.66. The number of rotatable bonds is 5. The highest BCUT2D eigenvalue weighted by Gasteiger charge is 2.17. The number of nitrogens with zero attached hydrogens (tertiary/aromatic N) is 4. The zero-order valence-corrected chi connectivity index (χ0v) is 18.6. The topological polar surface area (TPSA) is 81.5 Å². The van der Waals surface area contributed by atoms with Crippen LogP contribution in [0.2, 0.25) is 0 Å². The third-order valence-electron chi connectivity index (χ3n) is 5.87. The van der Waals surface area contributed by atoms with E-state index in [1.54, 1.807) is 31.0 Å². The molecule has 1 saturated heterocycles.